The van der Waals surface area contributed by atoms with Crippen LogP contribution in [0.15, 0.2) is 107 Å². The molecule has 0 aliphatic heterocycles. The van der Waals surface area contributed by atoms with Crippen LogP contribution in [0, 0.1) is 0 Å². The van der Waals surface area contributed by atoms with Crippen LogP contribution in [0.3, 0.4) is 0 Å². The van der Waals surface area contributed by atoms with Gasteiger partial charge in [-0.3, -0.25) is 0 Å². The largest absolute Gasteiger partial charge is 1.00 e. The Bertz CT molecular complexity index is 872. The van der Waals surface area contributed by atoms with Crippen molar-refractivity contribution in [2.24, 2.45) is 0 Å². The lowest BCUT2D eigenvalue weighted by atomic mass is 9.84. The highest BCUT2D eigenvalue weighted by atomic mass is 79.9. The monoisotopic (exact) mass is 516 g/mol. The van der Waals surface area contributed by atoms with Crippen LogP contribution in [0.5, 0.6) is 0 Å². The van der Waals surface area contributed by atoms with Crippen molar-refractivity contribution in [3.63, 3.8) is 0 Å². The molecule has 0 N–H and O–H groups in total. The van der Waals surface area contributed by atoms with Gasteiger partial charge in [-0.15, -0.1) is 11.3 Å². The molecule has 0 nitrogen and oxygen atoms in total. The summed E-state index contributed by atoms with van der Waals surface area (Å²) in [6, 6.07) is 35.0. The molecular weight excluding hydrogens is 499 g/mol. The molecule has 0 saturated carbocycles. The first-order valence-corrected chi connectivity index (χ1v) is 11.4. The zero-order chi connectivity index (χ0) is 17.8. The molecule has 4 rings (SSSR count). The van der Waals surface area contributed by atoms with Gasteiger partial charge in [-0.1, -0.05) is 91.0 Å². The van der Waals surface area contributed by atoms with Crippen molar-refractivity contribution in [1.82, 2.24) is 0 Å². The highest BCUT2D eigenvalue weighted by molar-refractivity contribution is 9.10. The predicted octanol–water partition coefficient (Wildman–Crippen LogP) is 3.54. The summed E-state index contributed by atoms with van der Waals surface area (Å²) in [6.07, 6.45) is 0. The number of hydrogen-bond donors (Lipinski definition) is 0. The molecule has 0 radical (unpaired) electrons. The average molecular weight is 518 g/mol. The lowest BCUT2D eigenvalue weighted by Crippen LogP contribution is -3.00. The summed E-state index contributed by atoms with van der Waals surface area (Å²) in [7, 11) is -0.0605. The molecule has 0 aliphatic rings. The van der Waals surface area contributed by atoms with E-state index in [1.54, 1.807) is 0 Å². The number of halogens is 2. The summed E-state index contributed by atoms with van der Waals surface area (Å²) < 4.78 is 2.67. The molecule has 136 valence electrons. The van der Waals surface area contributed by atoms with E-state index in [9.17, 15) is 0 Å². The second-order valence-electron chi connectivity index (χ2n) is 6.18. The van der Waals surface area contributed by atoms with Crippen molar-refractivity contribution in [1.29, 1.82) is 0 Å². The van der Waals surface area contributed by atoms with E-state index in [4.69, 9.17) is 0 Å². The molecule has 0 fully saturated rings. The minimum atomic E-state index is -0.142. The number of thiophene rings is 1. The fourth-order valence-electron chi connectivity index (χ4n) is 3.46. The van der Waals surface area contributed by atoms with E-state index < -0.39 is 0 Å². The predicted molar refractivity (Wildman–Crippen MR) is 121 cm³/mol. The Balaban J connectivity index is 0.00000210. The van der Waals surface area contributed by atoms with E-state index in [0.29, 0.717) is 0 Å². The fourth-order valence-corrected chi connectivity index (χ4v) is 7.66. The first kappa shape index (κ1) is 20.5. The summed E-state index contributed by atoms with van der Waals surface area (Å²) in [6.45, 7) is 0. The minimum Gasteiger partial charge on any atom is -1.00 e. The third-order valence-electron chi connectivity index (χ3n) is 4.68. The van der Waals surface area contributed by atoms with Crippen LogP contribution in [0.2, 0.25) is 0 Å². The van der Waals surface area contributed by atoms with Gasteiger partial charge in [0.1, 0.15) is 0 Å². The van der Waals surface area contributed by atoms with Gasteiger partial charge in [0.25, 0.3) is 0 Å². The second-order valence-corrected chi connectivity index (χ2v) is 10.1. The van der Waals surface area contributed by atoms with E-state index in [1.807, 2.05) is 11.3 Å². The summed E-state index contributed by atoms with van der Waals surface area (Å²) >= 11 is 5.62. The van der Waals surface area contributed by atoms with Crippen LogP contribution in [-0.4, -0.2) is 0 Å². The van der Waals surface area contributed by atoms with E-state index in [0.717, 1.165) is 0 Å². The maximum Gasteiger partial charge on any atom is 0.157 e. The van der Waals surface area contributed by atoms with Gasteiger partial charge in [-0.2, -0.15) is 0 Å². The summed E-state index contributed by atoms with van der Waals surface area (Å²) in [5.41, 5.74) is 4.06. The maximum atomic E-state index is 3.77. The Morgan fingerprint density at radius 1 is 0.630 bits per heavy atom. The quantitative estimate of drug-likeness (QED) is 0.280. The highest BCUT2D eigenvalue weighted by Crippen LogP contribution is 2.53. The van der Waals surface area contributed by atoms with Crippen molar-refractivity contribution in [2.75, 3.05) is 0 Å². The Hall–Kier alpha value is -1.25. The normalized spacial score (nSPS) is 11.4. The fraction of sp³-hybridized carbons (Fsp3) is 0.0435. The standard InChI is InChI=1S/C23H18BrPS.BrH/c24-21-16-17-26-22(21)25-23(18-10-4-1-5-11-18,19-12-6-2-7-13-19)20-14-8-3-9-15-20;/h1-17,25H;1H. The van der Waals surface area contributed by atoms with Gasteiger partial charge in [-0.25, -0.2) is 0 Å². The third-order valence-corrected chi connectivity index (χ3v) is 9.57. The van der Waals surface area contributed by atoms with E-state index in [1.165, 1.54) is 25.8 Å². The Kier molecular flexibility index (Phi) is 7.05. The maximum absolute atomic E-state index is 3.77. The zero-order valence-corrected chi connectivity index (χ0v) is 19.7. The van der Waals surface area contributed by atoms with Crippen LogP contribution >= 0.6 is 35.8 Å². The minimum absolute atomic E-state index is 0. The number of rotatable bonds is 5. The first-order chi connectivity index (χ1) is 12.8. The van der Waals surface area contributed by atoms with E-state index in [-0.39, 0.29) is 30.7 Å². The molecule has 0 bridgehead atoms. The Morgan fingerprint density at radius 2 is 1.04 bits per heavy atom. The average Bonchev–Trinajstić information content (AvgIpc) is 3.12. The summed E-state index contributed by atoms with van der Waals surface area (Å²) in [5, 5.41) is 2.04. The summed E-state index contributed by atoms with van der Waals surface area (Å²) in [5.74, 6) is 0. The lowest BCUT2D eigenvalue weighted by molar-refractivity contribution is -0.00000473. The van der Waals surface area contributed by atoms with Gasteiger partial charge in [0.15, 0.2) is 9.77 Å². The van der Waals surface area contributed by atoms with E-state index in [2.05, 4.69) is 118 Å². The molecule has 0 aliphatic carbocycles. The van der Waals surface area contributed by atoms with Crippen molar-refractivity contribution < 1.29 is 17.0 Å². The van der Waals surface area contributed by atoms with Crippen LogP contribution in [0.1, 0.15) is 16.7 Å². The van der Waals surface area contributed by atoms with Gasteiger partial charge in [-0.05, 0) is 27.4 Å². The Labute approximate surface area is 185 Å². The molecule has 4 heteroatoms. The molecule has 1 heterocycles. The van der Waals surface area contributed by atoms with Crippen LogP contribution in [-0.2, 0) is 5.16 Å². The van der Waals surface area contributed by atoms with Crippen LogP contribution in [0.4, 0.5) is 0 Å². The van der Waals surface area contributed by atoms with Crippen LogP contribution in [0.25, 0.3) is 0 Å². The smallest absolute Gasteiger partial charge is 0.157 e. The van der Waals surface area contributed by atoms with Crippen molar-refractivity contribution >= 4 is 40.5 Å². The molecular formula is C23H19Br2PS. The van der Waals surface area contributed by atoms with Crippen molar-refractivity contribution in [3.8, 4) is 0 Å². The molecule has 3 aromatic carbocycles. The molecule has 4 aromatic rings. The topological polar surface area (TPSA) is 0 Å². The molecule has 27 heavy (non-hydrogen) atoms. The van der Waals surface area contributed by atoms with E-state index >= 15 is 0 Å². The lowest BCUT2D eigenvalue weighted by Gasteiger charge is -2.30. The van der Waals surface area contributed by atoms with Gasteiger partial charge in [0, 0.05) is 16.7 Å². The number of benzene rings is 3. The second kappa shape index (κ2) is 9.30. The SMILES string of the molecule is Brc1ccsc1[PH2+]C(c1ccccc1)(c1ccccc1)c1ccccc1.[Br-]. The molecule has 0 spiro atoms. The highest BCUT2D eigenvalue weighted by Gasteiger charge is 2.43. The van der Waals surface area contributed by atoms with Gasteiger partial charge in [0.2, 0.25) is 0 Å². The van der Waals surface area contributed by atoms with Crippen molar-refractivity contribution in [3.05, 3.63) is 124 Å². The molecule has 0 amide bonds. The Morgan fingerprint density at radius 3 is 1.37 bits per heavy atom. The van der Waals surface area contributed by atoms with Crippen LogP contribution < -0.4 is 21.6 Å². The number of hydrogen-bond acceptors (Lipinski definition) is 1. The molecule has 1 unspecified atom stereocenters. The third kappa shape index (κ3) is 4.12. The first-order valence-electron chi connectivity index (χ1n) is 8.56. The van der Waals surface area contributed by atoms with Crippen molar-refractivity contribution in [2.45, 2.75) is 5.16 Å². The molecule has 0 saturated heterocycles. The zero-order valence-electron chi connectivity index (χ0n) is 14.6. The molecule has 1 aromatic heterocycles. The molecule has 1 atom stereocenters. The van der Waals surface area contributed by atoms with Gasteiger partial charge < -0.3 is 17.0 Å². The summed E-state index contributed by atoms with van der Waals surface area (Å²) in [4.78, 5) is 0. The van der Waals surface area contributed by atoms with Gasteiger partial charge >= 0.3 is 0 Å². The van der Waals surface area contributed by atoms with Gasteiger partial charge in [0.05, 0.1) is 13.1 Å².